The summed E-state index contributed by atoms with van der Waals surface area (Å²) in [5.74, 6) is 0.298. The average Bonchev–Trinajstić information content (AvgIpc) is 2.80. The molecule has 0 saturated heterocycles. The Bertz CT molecular complexity index is 524. The van der Waals surface area contributed by atoms with Gasteiger partial charge in [-0.15, -0.1) is 11.3 Å². The molecule has 1 heterocycles. The molecule has 0 fully saturated rings. The fraction of sp³-hybridized carbons (Fsp3) is 0.750. The van der Waals surface area contributed by atoms with Gasteiger partial charge in [0.15, 0.2) is 9.84 Å². The molecular weight excluding hydrogens is 542 g/mol. The second kappa shape index (κ2) is 11.6. The Labute approximate surface area is 167 Å². The van der Waals surface area contributed by atoms with E-state index in [4.69, 9.17) is 0 Å². The molecule has 0 aromatic carbocycles. The van der Waals surface area contributed by atoms with E-state index in [0.717, 1.165) is 18.6 Å². The van der Waals surface area contributed by atoms with Crippen LogP contribution >= 0.6 is 56.5 Å². The molecule has 0 amide bonds. The topological polar surface area (TPSA) is 34.1 Å². The molecule has 0 atom stereocenters. The quantitative estimate of drug-likeness (QED) is 0.209. The first-order valence-corrected chi connectivity index (χ1v) is 12.8. The van der Waals surface area contributed by atoms with E-state index in [1.54, 1.807) is 17.4 Å². The molecule has 0 aliphatic rings. The van der Waals surface area contributed by atoms with Gasteiger partial charge in [0.25, 0.3) is 0 Å². The maximum atomic E-state index is 12.3. The molecule has 0 unspecified atom stereocenters. The Morgan fingerprint density at radius 1 is 0.909 bits per heavy atom. The van der Waals surface area contributed by atoms with Gasteiger partial charge in [-0.05, 0) is 57.7 Å². The van der Waals surface area contributed by atoms with Crippen molar-refractivity contribution in [3.63, 3.8) is 0 Å². The van der Waals surface area contributed by atoms with Gasteiger partial charge < -0.3 is 0 Å². The Morgan fingerprint density at radius 2 is 1.41 bits per heavy atom. The highest BCUT2D eigenvalue weighted by molar-refractivity contribution is 14.1. The van der Waals surface area contributed by atoms with E-state index in [1.165, 1.54) is 51.4 Å². The van der Waals surface area contributed by atoms with Crippen molar-refractivity contribution in [1.82, 2.24) is 0 Å². The molecule has 0 aliphatic heterocycles. The van der Waals surface area contributed by atoms with Crippen molar-refractivity contribution in [3.05, 3.63) is 11.8 Å². The maximum absolute atomic E-state index is 12.3. The standard InChI is InChI=1S/C16H26I2O2S2/c1-2-3-4-5-6-7-8-9-10-11-12-22(19,20)14-13-15(17)21-16(14)18/h13H,2-12H2,1H3. The van der Waals surface area contributed by atoms with Crippen LogP contribution in [0.4, 0.5) is 0 Å². The lowest BCUT2D eigenvalue weighted by Crippen LogP contribution is -2.07. The normalized spacial score (nSPS) is 12.0. The number of hydrogen-bond donors (Lipinski definition) is 0. The van der Waals surface area contributed by atoms with Gasteiger partial charge in [0.1, 0.15) is 0 Å². The van der Waals surface area contributed by atoms with E-state index in [0.29, 0.717) is 10.6 Å². The first-order chi connectivity index (χ1) is 10.5. The predicted octanol–water partition coefficient (Wildman–Crippen LogP) is 6.65. The van der Waals surface area contributed by atoms with E-state index in [9.17, 15) is 8.42 Å². The lowest BCUT2D eigenvalue weighted by molar-refractivity contribution is 0.558. The maximum Gasteiger partial charge on any atom is 0.180 e. The van der Waals surface area contributed by atoms with Gasteiger partial charge in [-0.25, -0.2) is 8.42 Å². The van der Waals surface area contributed by atoms with E-state index < -0.39 is 9.84 Å². The third-order valence-corrected chi connectivity index (χ3v) is 8.97. The zero-order chi connectivity index (χ0) is 16.4. The molecule has 22 heavy (non-hydrogen) atoms. The highest BCUT2D eigenvalue weighted by Gasteiger charge is 2.19. The molecule has 0 aliphatic carbocycles. The summed E-state index contributed by atoms with van der Waals surface area (Å²) in [7, 11) is -3.08. The van der Waals surface area contributed by atoms with Gasteiger partial charge in [-0.3, -0.25) is 0 Å². The summed E-state index contributed by atoms with van der Waals surface area (Å²) in [5, 5.41) is 0. The van der Waals surface area contributed by atoms with Crippen LogP contribution in [0.3, 0.4) is 0 Å². The largest absolute Gasteiger partial charge is 0.224 e. The van der Waals surface area contributed by atoms with Crippen LogP contribution < -0.4 is 0 Å². The predicted molar refractivity (Wildman–Crippen MR) is 114 cm³/mol. The van der Waals surface area contributed by atoms with Gasteiger partial charge in [-0.1, -0.05) is 64.7 Å². The van der Waals surface area contributed by atoms with Crippen molar-refractivity contribution < 1.29 is 8.42 Å². The van der Waals surface area contributed by atoms with Gasteiger partial charge >= 0.3 is 0 Å². The zero-order valence-corrected chi connectivity index (χ0v) is 19.2. The highest BCUT2D eigenvalue weighted by atomic mass is 127. The van der Waals surface area contributed by atoms with E-state index >= 15 is 0 Å². The van der Waals surface area contributed by atoms with Gasteiger partial charge in [0.05, 0.1) is 16.4 Å². The fourth-order valence-electron chi connectivity index (χ4n) is 2.43. The summed E-state index contributed by atoms with van der Waals surface area (Å²) in [6.45, 7) is 2.24. The molecule has 0 bridgehead atoms. The SMILES string of the molecule is CCCCCCCCCCCCS(=O)(=O)c1cc(I)sc1I. The van der Waals surface area contributed by atoms with Crippen LogP contribution in [-0.4, -0.2) is 14.2 Å². The summed E-state index contributed by atoms with van der Waals surface area (Å²) in [6, 6.07) is 1.80. The minimum absolute atomic E-state index is 0.298. The van der Waals surface area contributed by atoms with E-state index in [2.05, 4.69) is 52.1 Å². The third-order valence-electron chi connectivity index (χ3n) is 3.73. The summed E-state index contributed by atoms with van der Waals surface area (Å²) in [6.07, 6.45) is 12.3. The van der Waals surface area contributed by atoms with Crippen LogP contribution in [0.1, 0.15) is 71.1 Å². The van der Waals surface area contributed by atoms with Crippen molar-refractivity contribution in [2.24, 2.45) is 0 Å². The van der Waals surface area contributed by atoms with Gasteiger partial charge in [0.2, 0.25) is 0 Å². The first-order valence-electron chi connectivity index (χ1n) is 8.15. The summed E-state index contributed by atoms with van der Waals surface area (Å²) in [4.78, 5) is 0.540. The van der Waals surface area contributed by atoms with Crippen LogP contribution in [0.25, 0.3) is 0 Å². The first kappa shape index (κ1) is 21.2. The number of hydrogen-bond acceptors (Lipinski definition) is 3. The number of unbranched alkanes of at least 4 members (excludes halogenated alkanes) is 9. The van der Waals surface area contributed by atoms with Crippen LogP contribution in [-0.2, 0) is 9.84 Å². The zero-order valence-electron chi connectivity index (χ0n) is 13.2. The average molecular weight is 568 g/mol. The van der Waals surface area contributed by atoms with Crippen molar-refractivity contribution in [3.8, 4) is 0 Å². The Morgan fingerprint density at radius 3 is 1.86 bits per heavy atom. The number of halogens is 2. The fourth-order valence-corrected chi connectivity index (χ4v) is 9.18. The molecule has 128 valence electrons. The van der Waals surface area contributed by atoms with Crippen LogP contribution in [0, 0.1) is 5.77 Å². The molecule has 1 aromatic rings. The van der Waals surface area contributed by atoms with E-state index in [1.807, 2.05) is 0 Å². The molecule has 6 heteroatoms. The molecule has 0 radical (unpaired) electrons. The lowest BCUT2D eigenvalue weighted by Gasteiger charge is -2.04. The molecule has 1 aromatic heterocycles. The summed E-state index contributed by atoms with van der Waals surface area (Å²) in [5.41, 5.74) is 0. The Hall–Kier alpha value is 1.11. The summed E-state index contributed by atoms with van der Waals surface area (Å²) >= 11 is 5.87. The molecule has 0 saturated carbocycles. The second-order valence-electron chi connectivity index (χ2n) is 5.69. The smallest absolute Gasteiger partial charge is 0.180 e. The third kappa shape index (κ3) is 8.28. The molecule has 1 rings (SSSR count). The van der Waals surface area contributed by atoms with Crippen LogP contribution in [0.15, 0.2) is 11.0 Å². The van der Waals surface area contributed by atoms with Crippen LogP contribution in [0.5, 0.6) is 0 Å². The van der Waals surface area contributed by atoms with Crippen molar-refractivity contribution in [2.45, 2.75) is 76.0 Å². The Balaban J connectivity index is 2.13. The van der Waals surface area contributed by atoms with Crippen molar-refractivity contribution >= 4 is 66.4 Å². The molecule has 0 spiro atoms. The summed E-state index contributed by atoms with van der Waals surface area (Å²) < 4.78 is 26.5. The second-order valence-corrected chi connectivity index (χ2v) is 12.5. The number of rotatable bonds is 12. The van der Waals surface area contributed by atoms with Crippen molar-refractivity contribution in [2.75, 3.05) is 5.75 Å². The lowest BCUT2D eigenvalue weighted by atomic mass is 10.1. The van der Waals surface area contributed by atoms with Crippen LogP contribution in [0.2, 0.25) is 0 Å². The van der Waals surface area contributed by atoms with E-state index in [-0.39, 0.29) is 0 Å². The minimum atomic E-state index is -3.08. The number of thiophene rings is 1. The van der Waals surface area contributed by atoms with Crippen molar-refractivity contribution in [1.29, 1.82) is 0 Å². The molecule has 0 N–H and O–H groups in total. The molecule has 2 nitrogen and oxygen atoms in total. The Kier molecular flexibility index (Phi) is 11.2. The monoisotopic (exact) mass is 568 g/mol. The highest BCUT2D eigenvalue weighted by Crippen LogP contribution is 2.30. The van der Waals surface area contributed by atoms with Gasteiger partial charge in [-0.2, -0.15) is 0 Å². The minimum Gasteiger partial charge on any atom is -0.224 e. The van der Waals surface area contributed by atoms with Gasteiger partial charge in [0, 0.05) is 0 Å². The number of sulfone groups is 1. The molecular formula is C16H26I2O2S2.